The Morgan fingerprint density at radius 3 is 2.00 bits per heavy atom. The van der Waals surface area contributed by atoms with Crippen molar-refractivity contribution in [3.63, 3.8) is 0 Å². The van der Waals surface area contributed by atoms with Crippen LogP contribution in [0.3, 0.4) is 0 Å². The van der Waals surface area contributed by atoms with Crippen molar-refractivity contribution in [2.75, 3.05) is 27.2 Å². The van der Waals surface area contributed by atoms with Gasteiger partial charge in [0.05, 0.1) is 0 Å². The summed E-state index contributed by atoms with van der Waals surface area (Å²) in [5.41, 5.74) is -0.595. The minimum atomic E-state index is -1.09. The Labute approximate surface area is 118 Å². The molecule has 8 heteroatoms. The largest absolute Gasteiger partial charge is 0.480 e. The van der Waals surface area contributed by atoms with E-state index in [0.29, 0.717) is 0 Å². The van der Waals surface area contributed by atoms with Crippen LogP contribution in [0.15, 0.2) is 0 Å². The molecule has 0 radical (unpaired) electrons. The Hall–Kier alpha value is -1.99. The number of carboxylic acid groups (broad SMARTS) is 1. The van der Waals surface area contributed by atoms with Crippen LogP contribution in [0.2, 0.25) is 0 Å². The minimum Gasteiger partial charge on any atom is -0.480 e. The highest BCUT2D eigenvalue weighted by Gasteiger charge is 2.32. The van der Waals surface area contributed by atoms with Crippen LogP contribution >= 0.6 is 0 Å². The molecule has 0 rings (SSSR count). The van der Waals surface area contributed by atoms with Crippen LogP contribution in [-0.4, -0.2) is 61.3 Å². The molecule has 0 aromatic rings. The van der Waals surface area contributed by atoms with E-state index in [1.54, 1.807) is 34.9 Å². The van der Waals surface area contributed by atoms with Gasteiger partial charge in [-0.1, -0.05) is 20.8 Å². The third kappa shape index (κ3) is 6.81. The normalized spacial score (nSPS) is 12.2. The zero-order chi connectivity index (χ0) is 15.9. The number of carbonyl (C=O) groups is 3. The summed E-state index contributed by atoms with van der Waals surface area (Å²) in [6.45, 7) is 5.65. The number of aliphatic carboxylic acids is 1. The van der Waals surface area contributed by atoms with Crippen molar-refractivity contribution in [2.24, 2.45) is 5.41 Å². The molecule has 0 heterocycles. The van der Waals surface area contributed by atoms with Crippen molar-refractivity contribution >= 4 is 18.0 Å². The topological polar surface area (TPSA) is 111 Å². The SMILES string of the molecule is CN(C)C(=O)NCCNC(=O)NC(C(=O)O)C(C)(C)C. The molecule has 116 valence electrons. The molecule has 20 heavy (non-hydrogen) atoms. The van der Waals surface area contributed by atoms with Crippen LogP contribution in [0.1, 0.15) is 20.8 Å². The second-order valence-corrected chi connectivity index (χ2v) is 5.66. The fourth-order valence-electron chi connectivity index (χ4n) is 1.33. The fourth-order valence-corrected chi connectivity index (χ4v) is 1.33. The van der Waals surface area contributed by atoms with E-state index in [1.807, 2.05) is 0 Å². The number of carbonyl (C=O) groups excluding carboxylic acids is 2. The van der Waals surface area contributed by atoms with Gasteiger partial charge in [0.1, 0.15) is 6.04 Å². The molecule has 0 spiro atoms. The summed E-state index contributed by atoms with van der Waals surface area (Å²) in [4.78, 5) is 35.2. The summed E-state index contributed by atoms with van der Waals surface area (Å²) < 4.78 is 0. The van der Waals surface area contributed by atoms with Gasteiger partial charge in [-0.15, -0.1) is 0 Å². The van der Waals surface area contributed by atoms with Gasteiger partial charge in [-0.3, -0.25) is 0 Å². The average Bonchev–Trinajstić information content (AvgIpc) is 2.29. The molecule has 0 bridgehead atoms. The van der Waals surface area contributed by atoms with Crippen molar-refractivity contribution in [2.45, 2.75) is 26.8 Å². The summed E-state index contributed by atoms with van der Waals surface area (Å²) in [5, 5.41) is 16.5. The molecule has 1 unspecified atom stereocenters. The lowest BCUT2D eigenvalue weighted by molar-refractivity contribution is -0.141. The molecular formula is C12H24N4O4. The molecular weight excluding hydrogens is 264 g/mol. The van der Waals surface area contributed by atoms with Gasteiger partial charge in [-0.2, -0.15) is 0 Å². The van der Waals surface area contributed by atoms with Gasteiger partial charge in [0.25, 0.3) is 0 Å². The molecule has 0 saturated carbocycles. The number of carboxylic acids is 1. The number of rotatable bonds is 5. The number of nitrogens with one attached hydrogen (secondary N) is 3. The monoisotopic (exact) mass is 288 g/mol. The molecule has 8 nitrogen and oxygen atoms in total. The molecule has 1 atom stereocenters. The zero-order valence-corrected chi connectivity index (χ0v) is 12.6. The first-order chi connectivity index (χ1) is 9.05. The van der Waals surface area contributed by atoms with E-state index in [-0.39, 0.29) is 19.1 Å². The van der Waals surface area contributed by atoms with E-state index in [0.717, 1.165) is 0 Å². The number of nitrogens with zero attached hydrogens (tertiary/aromatic N) is 1. The third-order valence-corrected chi connectivity index (χ3v) is 2.48. The maximum Gasteiger partial charge on any atom is 0.326 e. The van der Waals surface area contributed by atoms with Gasteiger partial charge in [0.15, 0.2) is 0 Å². The predicted molar refractivity (Wildman–Crippen MR) is 74.5 cm³/mol. The van der Waals surface area contributed by atoms with E-state index < -0.39 is 23.5 Å². The quantitative estimate of drug-likeness (QED) is 0.536. The van der Waals surface area contributed by atoms with Gasteiger partial charge >= 0.3 is 18.0 Å². The Morgan fingerprint density at radius 1 is 1.10 bits per heavy atom. The molecule has 4 N–H and O–H groups in total. The van der Waals surface area contributed by atoms with Crippen molar-refractivity contribution in [3.8, 4) is 0 Å². The van der Waals surface area contributed by atoms with Crippen molar-refractivity contribution in [1.29, 1.82) is 0 Å². The Morgan fingerprint density at radius 2 is 1.60 bits per heavy atom. The zero-order valence-electron chi connectivity index (χ0n) is 12.6. The molecule has 0 aliphatic carbocycles. The number of urea groups is 2. The lowest BCUT2D eigenvalue weighted by Gasteiger charge is -2.27. The Bertz CT molecular complexity index is 363. The standard InChI is InChI=1S/C12H24N4O4/c1-12(2,3)8(9(17)18)15-10(19)13-6-7-14-11(20)16(4)5/h8H,6-7H2,1-5H3,(H,14,20)(H,17,18)(H2,13,15,19). The number of hydrogen-bond acceptors (Lipinski definition) is 3. The summed E-state index contributed by atoms with van der Waals surface area (Å²) in [5.74, 6) is -1.09. The van der Waals surface area contributed by atoms with Gasteiger partial charge < -0.3 is 26.0 Å². The summed E-state index contributed by atoms with van der Waals surface area (Å²) in [7, 11) is 3.21. The lowest BCUT2D eigenvalue weighted by Crippen LogP contribution is -2.53. The van der Waals surface area contributed by atoms with Crippen LogP contribution in [0.25, 0.3) is 0 Å². The van der Waals surface area contributed by atoms with Gasteiger partial charge in [0, 0.05) is 27.2 Å². The van der Waals surface area contributed by atoms with E-state index >= 15 is 0 Å². The predicted octanol–water partition coefficient (Wildman–Crippen LogP) is 0.0561. The molecule has 4 amide bonds. The Kier molecular flexibility index (Phi) is 6.81. The molecule has 0 aromatic heterocycles. The number of amides is 4. The Balaban J connectivity index is 4.11. The van der Waals surface area contributed by atoms with Crippen molar-refractivity contribution < 1.29 is 19.5 Å². The first-order valence-corrected chi connectivity index (χ1v) is 6.28. The van der Waals surface area contributed by atoms with Crippen molar-refractivity contribution in [3.05, 3.63) is 0 Å². The molecule has 0 saturated heterocycles. The van der Waals surface area contributed by atoms with Gasteiger partial charge in [0.2, 0.25) is 0 Å². The molecule has 0 aliphatic rings. The van der Waals surface area contributed by atoms with Crippen molar-refractivity contribution in [1.82, 2.24) is 20.9 Å². The van der Waals surface area contributed by atoms with E-state index in [2.05, 4.69) is 16.0 Å². The minimum absolute atomic E-state index is 0.210. The third-order valence-electron chi connectivity index (χ3n) is 2.48. The number of hydrogen-bond donors (Lipinski definition) is 4. The van der Waals surface area contributed by atoms with Gasteiger partial charge in [-0.05, 0) is 5.41 Å². The summed E-state index contributed by atoms with van der Waals surface area (Å²) in [6.07, 6.45) is 0. The molecule has 0 fully saturated rings. The summed E-state index contributed by atoms with van der Waals surface area (Å²) in [6, 6.07) is -1.82. The maximum absolute atomic E-state index is 11.6. The highest BCUT2D eigenvalue weighted by atomic mass is 16.4. The van der Waals surface area contributed by atoms with E-state index in [4.69, 9.17) is 5.11 Å². The highest BCUT2D eigenvalue weighted by molar-refractivity contribution is 5.83. The highest BCUT2D eigenvalue weighted by Crippen LogP contribution is 2.19. The van der Waals surface area contributed by atoms with Gasteiger partial charge in [-0.25, -0.2) is 14.4 Å². The second-order valence-electron chi connectivity index (χ2n) is 5.66. The first-order valence-electron chi connectivity index (χ1n) is 6.28. The summed E-state index contributed by atoms with van der Waals surface area (Å²) >= 11 is 0. The second kappa shape index (κ2) is 7.56. The van der Waals surface area contributed by atoms with E-state index in [9.17, 15) is 14.4 Å². The van der Waals surface area contributed by atoms with Crippen LogP contribution in [0.5, 0.6) is 0 Å². The average molecular weight is 288 g/mol. The maximum atomic E-state index is 11.6. The van der Waals surface area contributed by atoms with E-state index in [1.165, 1.54) is 4.90 Å². The van der Waals surface area contributed by atoms with Crippen LogP contribution in [-0.2, 0) is 4.79 Å². The first kappa shape index (κ1) is 18.0. The molecule has 0 aromatic carbocycles. The molecule has 0 aliphatic heterocycles. The smallest absolute Gasteiger partial charge is 0.326 e. The van der Waals surface area contributed by atoms with Crippen LogP contribution in [0, 0.1) is 5.41 Å². The van der Waals surface area contributed by atoms with Crippen LogP contribution in [0.4, 0.5) is 9.59 Å². The lowest BCUT2D eigenvalue weighted by atomic mass is 9.87. The fraction of sp³-hybridized carbons (Fsp3) is 0.750. The van der Waals surface area contributed by atoms with Crippen LogP contribution < -0.4 is 16.0 Å².